The number of fused-ring (bicyclic) bond motifs is 2. The predicted molar refractivity (Wildman–Crippen MR) is 102 cm³/mol. The van der Waals surface area contributed by atoms with Crippen molar-refractivity contribution in [3.8, 4) is 0 Å². The highest BCUT2D eigenvalue weighted by molar-refractivity contribution is 7.89. The number of aromatic nitrogens is 1. The lowest BCUT2D eigenvalue weighted by Crippen LogP contribution is -2.47. The Bertz CT molecular complexity index is 892. The van der Waals surface area contributed by atoms with Gasteiger partial charge in [0.1, 0.15) is 12.0 Å². The molecule has 2 fully saturated rings. The molecule has 3 rings (SSSR count). The van der Waals surface area contributed by atoms with Crippen molar-refractivity contribution in [2.45, 2.75) is 39.7 Å². The number of hydrogen-bond donors (Lipinski definition) is 0. The van der Waals surface area contributed by atoms with Gasteiger partial charge in [-0.05, 0) is 24.2 Å². The second kappa shape index (κ2) is 7.81. The summed E-state index contributed by atoms with van der Waals surface area (Å²) in [6.07, 6.45) is 3.04. The summed E-state index contributed by atoms with van der Waals surface area (Å²) >= 11 is 0. The molecule has 0 saturated heterocycles. The SMILES string of the molecule is COCCN(Cc1nc(C(=O)OC)co1)S(=O)(=O)CC12CCC(CC1=O)C2(C)C. The zero-order valence-electron chi connectivity index (χ0n) is 17.3. The van der Waals surface area contributed by atoms with Crippen molar-refractivity contribution in [2.24, 2.45) is 16.7 Å². The number of oxazole rings is 1. The zero-order chi connectivity index (χ0) is 21.4. The van der Waals surface area contributed by atoms with Crippen LogP contribution in [0.25, 0.3) is 0 Å². The molecule has 2 saturated carbocycles. The highest BCUT2D eigenvalue weighted by Crippen LogP contribution is 2.64. The molecule has 1 heterocycles. The smallest absolute Gasteiger partial charge is 0.360 e. The van der Waals surface area contributed by atoms with E-state index in [1.165, 1.54) is 18.5 Å². The Morgan fingerprint density at radius 2 is 2.10 bits per heavy atom. The van der Waals surface area contributed by atoms with Gasteiger partial charge in [0.15, 0.2) is 5.69 Å². The standard InChI is InChI=1S/C19H28N2O7S/c1-18(2)13-5-6-19(18,15(22)9-13)12-29(24,25)21(7-8-26-3)10-16-20-14(11-28-16)17(23)27-4/h11,13H,5-10,12H2,1-4H3. The number of ketones is 1. The maximum Gasteiger partial charge on any atom is 0.360 e. The molecular weight excluding hydrogens is 400 g/mol. The molecule has 2 aliphatic carbocycles. The van der Waals surface area contributed by atoms with E-state index in [1.54, 1.807) is 0 Å². The second-order valence-corrected chi connectivity index (χ2v) is 10.3. The van der Waals surface area contributed by atoms with Gasteiger partial charge >= 0.3 is 5.97 Å². The molecule has 0 aliphatic heterocycles. The molecule has 9 nitrogen and oxygen atoms in total. The van der Waals surface area contributed by atoms with Gasteiger partial charge < -0.3 is 13.9 Å². The van der Waals surface area contributed by atoms with Crippen LogP contribution >= 0.6 is 0 Å². The maximum absolute atomic E-state index is 13.4. The van der Waals surface area contributed by atoms with Crippen molar-refractivity contribution in [1.29, 1.82) is 0 Å². The highest BCUT2D eigenvalue weighted by atomic mass is 32.2. The quantitative estimate of drug-likeness (QED) is 0.545. The largest absolute Gasteiger partial charge is 0.464 e. The summed E-state index contributed by atoms with van der Waals surface area (Å²) in [5, 5.41) is 0. The summed E-state index contributed by atoms with van der Waals surface area (Å²) in [5.74, 6) is -0.564. The number of sulfonamides is 1. The van der Waals surface area contributed by atoms with Crippen LogP contribution in [-0.2, 0) is 30.8 Å². The van der Waals surface area contributed by atoms with Crippen LogP contribution < -0.4 is 0 Å². The van der Waals surface area contributed by atoms with Crippen molar-refractivity contribution < 1.29 is 31.9 Å². The molecule has 2 aliphatic rings. The van der Waals surface area contributed by atoms with Gasteiger partial charge in [-0.1, -0.05) is 13.8 Å². The molecule has 2 bridgehead atoms. The van der Waals surface area contributed by atoms with E-state index >= 15 is 0 Å². The molecule has 0 N–H and O–H groups in total. The molecule has 162 valence electrons. The van der Waals surface area contributed by atoms with Gasteiger partial charge in [-0.25, -0.2) is 18.2 Å². The zero-order valence-corrected chi connectivity index (χ0v) is 18.1. The minimum Gasteiger partial charge on any atom is -0.464 e. The molecule has 0 spiro atoms. The molecule has 29 heavy (non-hydrogen) atoms. The van der Waals surface area contributed by atoms with E-state index in [-0.39, 0.29) is 54.2 Å². The van der Waals surface area contributed by atoms with Crippen LogP contribution in [-0.4, -0.2) is 62.6 Å². The molecule has 0 radical (unpaired) electrons. The molecule has 0 aromatic carbocycles. The van der Waals surface area contributed by atoms with Gasteiger partial charge in [0.05, 0.1) is 26.0 Å². The van der Waals surface area contributed by atoms with Crippen molar-refractivity contribution >= 4 is 21.8 Å². The Morgan fingerprint density at radius 3 is 2.66 bits per heavy atom. The van der Waals surface area contributed by atoms with Gasteiger partial charge in [0.25, 0.3) is 0 Å². The van der Waals surface area contributed by atoms with E-state index in [9.17, 15) is 18.0 Å². The average molecular weight is 429 g/mol. The van der Waals surface area contributed by atoms with E-state index in [4.69, 9.17) is 9.15 Å². The number of methoxy groups -OCH3 is 2. The van der Waals surface area contributed by atoms with Gasteiger partial charge in [0, 0.05) is 25.5 Å². The first-order chi connectivity index (χ1) is 13.6. The topological polar surface area (TPSA) is 116 Å². The molecule has 0 amide bonds. The van der Waals surface area contributed by atoms with E-state index in [0.29, 0.717) is 12.8 Å². The van der Waals surface area contributed by atoms with Crippen molar-refractivity contribution in [3.05, 3.63) is 17.8 Å². The van der Waals surface area contributed by atoms with Crippen molar-refractivity contribution in [3.63, 3.8) is 0 Å². The molecular formula is C19H28N2O7S. The summed E-state index contributed by atoms with van der Waals surface area (Å²) in [5.41, 5.74) is -1.25. The molecule has 2 unspecified atom stereocenters. The van der Waals surface area contributed by atoms with Gasteiger partial charge in [0.2, 0.25) is 15.9 Å². The van der Waals surface area contributed by atoms with Crippen LogP contribution in [0.5, 0.6) is 0 Å². The van der Waals surface area contributed by atoms with Crippen LogP contribution in [0.1, 0.15) is 49.5 Å². The first kappa shape index (κ1) is 21.9. The lowest BCUT2D eigenvalue weighted by Gasteiger charge is -2.37. The number of nitrogens with zero attached hydrogens (tertiary/aromatic N) is 2. The third kappa shape index (κ3) is 3.73. The third-order valence-electron chi connectivity index (χ3n) is 6.76. The first-order valence-corrected chi connectivity index (χ1v) is 11.2. The number of Topliss-reactive ketones (excluding diaryl/α,β-unsaturated/α-hetero) is 1. The third-order valence-corrected chi connectivity index (χ3v) is 8.72. The number of carbonyl (C=O) groups excluding carboxylic acids is 2. The van der Waals surface area contributed by atoms with Crippen molar-refractivity contribution in [2.75, 3.05) is 33.1 Å². The normalized spacial score (nSPS) is 25.7. The fourth-order valence-corrected chi connectivity index (χ4v) is 6.90. The Kier molecular flexibility index (Phi) is 5.90. The van der Waals surface area contributed by atoms with Crippen LogP contribution in [0, 0.1) is 16.7 Å². The molecule has 10 heteroatoms. The summed E-state index contributed by atoms with van der Waals surface area (Å²) < 4.78 is 42.9. The lowest BCUT2D eigenvalue weighted by atomic mass is 9.70. The minimum absolute atomic E-state index is 0.0316. The Morgan fingerprint density at radius 1 is 1.38 bits per heavy atom. The fraction of sp³-hybridized carbons (Fsp3) is 0.737. The van der Waals surface area contributed by atoms with Crippen LogP contribution in [0.2, 0.25) is 0 Å². The van der Waals surface area contributed by atoms with Crippen LogP contribution in [0.15, 0.2) is 10.7 Å². The summed E-state index contributed by atoms with van der Waals surface area (Å²) in [7, 11) is -1.12. The van der Waals surface area contributed by atoms with Crippen LogP contribution in [0.4, 0.5) is 0 Å². The highest BCUT2D eigenvalue weighted by Gasteiger charge is 2.65. The lowest BCUT2D eigenvalue weighted by molar-refractivity contribution is -0.128. The number of carbonyl (C=O) groups is 2. The van der Waals surface area contributed by atoms with Gasteiger partial charge in [-0.2, -0.15) is 4.31 Å². The maximum atomic E-state index is 13.4. The average Bonchev–Trinajstić information content (AvgIpc) is 3.27. The predicted octanol–water partition coefficient (Wildman–Crippen LogP) is 1.63. The number of hydrogen-bond acceptors (Lipinski definition) is 8. The van der Waals surface area contributed by atoms with Crippen LogP contribution in [0.3, 0.4) is 0 Å². The number of ether oxygens (including phenoxy) is 2. The Balaban J connectivity index is 1.85. The molecule has 2 atom stereocenters. The Hall–Kier alpha value is -1.78. The van der Waals surface area contributed by atoms with E-state index in [1.807, 2.05) is 13.8 Å². The molecule has 1 aromatic heterocycles. The first-order valence-electron chi connectivity index (χ1n) is 9.60. The number of rotatable bonds is 9. The monoisotopic (exact) mass is 428 g/mol. The molecule has 1 aromatic rings. The summed E-state index contributed by atoms with van der Waals surface area (Å²) in [6.45, 7) is 4.11. The van der Waals surface area contributed by atoms with E-state index < -0.39 is 21.4 Å². The van der Waals surface area contributed by atoms with E-state index in [0.717, 1.165) is 12.7 Å². The van der Waals surface area contributed by atoms with Gasteiger partial charge in [-0.15, -0.1) is 0 Å². The Labute approximate surface area is 170 Å². The van der Waals surface area contributed by atoms with Crippen molar-refractivity contribution in [1.82, 2.24) is 9.29 Å². The fourth-order valence-electron chi connectivity index (χ4n) is 4.75. The minimum atomic E-state index is -3.82. The van der Waals surface area contributed by atoms with Gasteiger partial charge in [-0.3, -0.25) is 4.79 Å². The van der Waals surface area contributed by atoms with E-state index in [2.05, 4.69) is 9.72 Å². The summed E-state index contributed by atoms with van der Waals surface area (Å²) in [6, 6.07) is 0. The number of esters is 1. The summed E-state index contributed by atoms with van der Waals surface area (Å²) in [4.78, 5) is 28.3. The second-order valence-electron chi connectivity index (χ2n) is 8.37.